The van der Waals surface area contributed by atoms with E-state index in [1.807, 2.05) is 38.4 Å². The highest BCUT2D eigenvalue weighted by Gasteiger charge is 2.23. The lowest BCUT2D eigenvalue weighted by Gasteiger charge is -2.35. The SMILES string of the molecule is CC(C)OC(=O)N1CCN(c2cnc3[nH]cc(C=CCN)c3c2)CC1. The Labute approximate surface area is 147 Å². The van der Waals surface area contributed by atoms with Crippen LogP contribution in [0.1, 0.15) is 19.4 Å². The molecule has 1 saturated heterocycles. The Morgan fingerprint density at radius 3 is 2.84 bits per heavy atom. The van der Waals surface area contributed by atoms with Crippen LogP contribution in [0, 0.1) is 0 Å². The third-order valence-electron chi connectivity index (χ3n) is 4.22. The predicted octanol–water partition coefficient (Wildman–Crippen LogP) is 2.20. The quantitative estimate of drug-likeness (QED) is 0.889. The zero-order valence-electron chi connectivity index (χ0n) is 14.7. The molecule has 0 saturated carbocycles. The van der Waals surface area contributed by atoms with Crippen LogP contribution in [0.5, 0.6) is 0 Å². The molecule has 1 fully saturated rings. The van der Waals surface area contributed by atoms with Crippen LogP contribution < -0.4 is 10.6 Å². The van der Waals surface area contributed by atoms with Crippen LogP contribution >= 0.6 is 0 Å². The normalized spacial score (nSPS) is 15.5. The first kappa shape index (κ1) is 17.3. The van der Waals surface area contributed by atoms with Gasteiger partial charge in [-0.2, -0.15) is 0 Å². The van der Waals surface area contributed by atoms with Crippen LogP contribution in [0.4, 0.5) is 10.5 Å². The van der Waals surface area contributed by atoms with E-state index in [1.165, 1.54) is 0 Å². The molecule has 0 aromatic carbocycles. The molecule has 3 rings (SSSR count). The number of aromatic nitrogens is 2. The third-order valence-corrected chi connectivity index (χ3v) is 4.22. The fourth-order valence-electron chi connectivity index (χ4n) is 2.94. The minimum Gasteiger partial charge on any atom is -0.447 e. The number of H-pyrrole nitrogens is 1. The number of aromatic amines is 1. The van der Waals surface area contributed by atoms with Gasteiger partial charge in [0.15, 0.2) is 0 Å². The highest BCUT2D eigenvalue weighted by atomic mass is 16.6. The van der Waals surface area contributed by atoms with Gasteiger partial charge in [-0.15, -0.1) is 0 Å². The van der Waals surface area contributed by atoms with Crippen LogP contribution in [0.15, 0.2) is 24.5 Å². The topological polar surface area (TPSA) is 87.5 Å². The van der Waals surface area contributed by atoms with Crippen molar-refractivity contribution in [2.24, 2.45) is 5.73 Å². The second kappa shape index (κ2) is 7.57. The first-order chi connectivity index (χ1) is 12.1. The summed E-state index contributed by atoms with van der Waals surface area (Å²) in [6, 6.07) is 2.14. The number of hydrogen-bond acceptors (Lipinski definition) is 5. The number of nitrogens with zero attached hydrogens (tertiary/aromatic N) is 3. The summed E-state index contributed by atoms with van der Waals surface area (Å²) in [5, 5.41) is 1.07. The maximum absolute atomic E-state index is 12.0. The molecule has 0 unspecified atom stereocenters. The van der Waals surface area contributed by atoms with Crippen LogP contribution in [0.3, 0.4) is 0 Å². The van der Waals surface area contributed by atoms with Gasteiger partial charge in [-0.05, 0) is 19.9 Å². The van der Waals surface area contributed by atoms with Gasteiger partial charge in [-0.25, -0.2) is 9.78 Å². The first-order valence-electron chi connectivity index (χ1n) is 8.62. The maximum Gasteiger partial charge on any atom is 0.410 e. The summed E-state index contributed by atoms with van der Waals surface area (Å²) in [6.45, 7) is 7.06. The van der Waals surface area contributed by atoms with Gasteiger partial charge < -0.3 is 25.3 Å². The molecule has 0 radical (unpaired) electrons. The number of nitrogens with one attached hydrogen (secondary N) is 1. The molecule has 0 aliphatic carbocycles. The lowest BCUT2D eigenvalue weighted by atomic mass is 10.2. The Kier molecular flexibility index (Phi) is 5.23. The van der Waals surface area contributed by atoms with E-state index < -0.39 is 0 Å². The minimum absolute atomic E-state index is 0.0919. The number of ether oxygens (including phenoxy) is 1. The number of amides is 1. The van der Waals surface area contributed by atoms with Crippen LogP contribution in [-0.2, 0) is 4.74 Å². The average Bonchev–Trinajstić information content (AvgIpc) is 3.01. The molecule has 134 valence electrons. The Morgan fingerprint density at radius 2 is 2.16 bits per heavy atom. The van der Waals surface area contributed by atoms with Crippen molar-refractivity contribution in [3.05, 3.63) is 30.1 Å². The maximum atomic E-state index is 12.0. The highest BCUT2D eigenvalue weighted by Crippen LogP contribution is 2.24. The highest BCUT2D eigenvalue weighted by molar-refractivity contribution is 5.88. The molecule has 0 spiro atoms. The van der Waals surface area contributed by atoms with Gasteiger partial charge in [0.1, 0.15) is 5.65 Å². The summed E-state index contributed by atoms with van der Waals surface area (Å²) in [7, 11) is 0. The number of anilines is 1. The number of carbonyl (C=O) groups is 1. The Morgan fingerprint density at radius 1 is 1.40 bits per heavy atom. The summed E-state index contributed by atoms with van der Waals surface area (Å²) in [4.78, 5) is 23.7. The van der Waals surface area contributed by atoms with Gasteiger partial charge in [-0.1, -0.05) is 12.2 Å². The summed E-state index contributed by atoms with van der Waals surface area (Å²) in [5.74, 6) is 0. The lowest BCUT2D eigenvalue weighted by Crippen LogP contribution is -2.49. The van der Waals surface area contributed by atoms with Gasteiger partial charge in [0.2, 0.25) is 0 Å². The summed E-state index contributed by atoms with van der Waals surface area (Å²) in [6.07, 6.45) is 7.41. The van der Waals surface area contributed by atoms with Gasteiger partial charge >= 0.3 is 6.09 Å². The second-order valence-corrected chi connectivity index (χ2v) is 6.38. The molecular weight excluding hydrogens is 318 g/mol. The van der Waals surface area contributed by atoms with Crippen molar-refractivity contribution in [1.82, 2.24) is 14.9 Å². The zero-order chi connectivity index (χ0) is 17.8. The fraction of sp³-hybridized carbons (Fsp3) is 0.444. The zero-order valence-corrected chi connectivity index (χ0v) is 14.7. The number of nitrogens with two attached hydrogens (primary N) is 1. The number of fused-ring (bicyclic) bond motifs is 1. The molecule has 2 aromatic rings. The van der Waals surface area contributed by atoms with Crippen molar-refractivity contribution in [2.75, 3.05) is 37.6 Å². The van der Waals surface area contributed by atoms with Crippen molar-refractivity contribution >= 4 is 28.9 Å². The van der Waals surface area contributed by atoms with E-state index in [2.05, 4.69) is 20.9 Å². The Balaban J connectivity index is 1.71. The van der Waals surface area contributed by atoms with E-state index in [0.29, 0.717) is 19.6 Å². The van der Waals surface area contributed by atoms with E-state index in [4.69, 9.17) is 10.5 Å². The van der Waals surface area contributed by atoms with E-state index in [9.17, 15) is 4.79 Å². The Bertz CT molecular complexity index is 760. The summed E-state index contributed by atoms with van der Waals surface area (Å²) in [5.41, 5.74) is 8.54. The molecule has 1 amide bonds. The van der Waals surface area contributed by atoms with Crippen molar-refractivity contribution in [3.8, 4) is 0 Å². The smallest absolute Gasteiger partial charge is 0.410 e. The molecule has 2 aromatic heterocycles. The third kappa shape index (κ3) is 3.93. The molecule has 7 nitrogen and oxygen atoms in total. The molecule has 0 bridgehead atoms. The molecule has 25 heavy (non-hydrogen) atoms. The van der Waals surface area contributed by atoms with Gasteiger partial charge in [-0.3, -0.25) is 0 Å². The van der Waals surface area contributed by atoms with E-state index >= 15 is 0 Å². The molecule has 1 aliphatic rings. The largest absolute Gasteiger partial charge is 0.447 e. The molecule has 0 atom stereocenters. The Hall–Kier alpha value is -2.54. The molecule has 3 heterocycles. The van der Waals surface area contributed by atoms with Crippen LogP contribution in [0.2, 0.25) is 0 Å². The number of pyridine rings is 1. The number of rotatable bonds is 4. The molecule has 3 N–H and O–H groups in total. The second-order valence-electron chi connectivity index (χ2n) is 6.38. The van der Waals surface area contributed by atoms with Crippen LogP contribution in [0.25, 0.3) is 17.1 Å². The molecule has 7 heteroatoms. The van der Waals surface area contributed by atoms with Crippen molar-refractivity contribution < 1.29 is 9.53 Å². The van der Waals surface area contributed by atoms with Crippen molar-refractivity contribution in [3.63, 3.8) is 0 Å². The minimum atomic E-state index is -0.233. The van der Waals surface area contributed by atoms with E-state index in [0.717, 1.165) is 35.4 Å². The number of hydrogen-bond donors (Lipinski definition) is 2. The average molecular weight is 343 g/mol. The number of piperazine rings is 1. The van der Waals surface area contributed by atoms with E-state index in [1.54, 1.807) is 4.90 Å². The summed E-state index contributed by atoms with van der Waals surface area (Å²) >= 11 is 0. The van der Waals surface area contributed by atoms with Gasteiger partial charge in [0, 0.05) is 49.9 Å². The number of carbonyl (C=O) groups excluding carboxylic acids is 1. The van der Waals surface area contributed by atoms with Gasteiger partial charge in [0.05, 0.1) is 18.0 Å². The summed E-state index contributed by atoms with van der Waals surface area (Å²) < 4.78 is 5.27. The van der Waals surface area contributed by atoms with Crippen LogP contribution in [-0.4, -0.2) is 59.8 Å². The standard InChI is InChI=1S/C18H25N5O2/c1-13(2)25-18(24)23-8-6-22(7-9-23)15-10-16-14(4-3-5-19)11-20-17(16)21-12-15/h3-4,10-13H,5-9,19H2,1-2H3,(H,20,21). The van der Waals surface area contributed by atoms with Crippen molar-refractivity contribution in [2.45, 2.75) is 20.0 Å². The van der Waals surface area contributed by atoms with E-state index in [-0.39, 0.29) is 12.2 Å². The predicted molar refractivity (Wildman–Crippen MR) is 99.6 cm³/mol. The molecular formula is C18H25N5O2. The first-order valence-corrected chi connectivity index (χ1v) is 8.62. The van der Waals surface area contributed by atoms with Crippen molar-refractivity contribution in [1.29, 1.82) is 0 Å². The monoisotopic (exact) mass is 343 g/mol. The lowest BCUT2D eigenvalue weighted by molar-refractivity contribution is 0.0751. The van der Waals surface area contributed by atoms with Gasteiger partial charge in [0.25, 0.3) is 0 Å². The fourth-order valence-corrected chi connectivity index (χ4v) is 2.94. The molecule has 1 aliphatic heterocycles.